The third-order valence-electron chi connectivity index (χ3n) is 3.80. The number of imide groups is 1. The van der Waals surface area contributed by atoms with Gasteiger partial charge in [-0.25, -0.2) is 0 Å². The maximum Gasteiger partial charge on any atom is 0.243 e. The monoisotopic (exact) mass is 304 g/mol. The number of nitrogens with one attached hydrogen (secondary N) is 1. The first-order chi connectivity index (χ1) is 10.4. The highest BCUT2D eigenvalue weighted by Gasteiger charge is 2.35. The van der Waals surface area contributed by atoms with Crippen LogP contribution < -0.4 is 10.1 Å². The summed E-state index contributed by atoms with van der Waals surface area (Å²) in [6.45, 7) is 3.82. The van der Waals surface area contributed by atoms with Gasteiger partial charge in [0, 0.05) is 19.4 Å². The summed E-state index contributed by atoms with van der Waals surface area (Å²) in [5.74, 6) is -0.165. The van der Waals surface area contributed by atoms with Gasteiger partial charge in [0.25, 0.3) is 0 Å². The van der Waals surface area contributed by atoms with Gasteiger partial charge in [0.15, 0.2) is 0 Å². The van der Waals surface area contributed by atoms with E-state index in [-0.39, 0.29) is 30.6 Å². The molecule has 0 saturated carbocycles. The molecule has 22 heavy (non-hydrogen) atoms. The molecule has 0 aromatic heterocycles. The summed E-state index contributed by atoms with van der Waals surface area (Å²) in [5.41, 5.74) is 1.90. The molecule has 1 aliphatic rings. The Morgan fingerprint density at radius 1 is 1.32 bits per heavy atom. The average Bonchev–Trinajstić information content (AvgIpc) is 2.84. The molecule has 2 rings (SSSR count). The van der Waals surface area contributed by atoms with Gasteiger partial charge in [0.2, 0.25) is 17.7 Å². The Bertz CT molecular complexity index is 596. The van der Waals surface area contributed by atoms with Crippen molar-refractivity contribution in [3.8, 4) is 5.75 Å². The zero-order valence-electron chi connectivity index (χ0n) is 13.0. The number of carbonyl (C=O) groups excluding carboxylic acids is 3. The van der Waals surface area contributed by atoms with Crippen LogP contribution in [0.4, 0.5) is 0 Å². The molecule has 1 aromatic rings. The van der Waals surface area contributed by atoms with Crippen molar-refractivity contribution in [3.05, 3.63) is 29.3 Å². The second-order valence-corrected chi connectivity index (χ2v) is 5.36. The van der Waals surface area contributed by atoms with Gasteiger partial charge in [-0.15, -0.1) is 0 Å². The molecule has 1 heterocycles. The van der Waals surface area contributed by atoms with E-state index in [9.17, 15) is 14.4 Å². The van der Waals surface area contributed by atoms with Crippen LogP contribution in [0.15, 0.2) is 18.2 Å². The van der Waals surface area contributed by atoms with Crippen LogP contribution >= 0.6 is 0 Å². The van der Waals surface area contributed by atoms with Crippen molar-refractivity contribution >= 4 is 17.7 Å². The molecule has 6 heteroatoms. The van der Waals surface area contributed by atoms with Crippen molar-refractivity contribution in [1.82, 2.24) is 10.2 Å². The molecule has 0 spiro atoms. The van der Waals surface area contributed by atoms with E-state index < -0.39 is 6.04 Å². The van der Waals surface area contributed by atoms with Gasteiger partial charge in [0.05, 0.1) is 7.11 Å². The maximum atomic E-state index is 12.1. The van der Waals surface area contributed by atoms with E-state index in [2.05, 4.69) is 5.32 Å². The van der Waals surface area contributed by atoms with E-state index in [0.717, 1.165) is 21.8 Å². The summed E-state index contributed by atoms with van der Waals surface area (Å²) in [6, 6.07) is 4.88. The molecule has 0 radical (unpaired) electrons. The van der Waals surface area contributed by atoms with Crippen molar-refractivity contribution in [2.45, 2.75) is 39.3 Å². The quantitative estimate of drug-likeness (QED) is 0.828. The van der Waals surface area contributed by atoms with E-state index in [1.807, 2.05) is 25.1 Å². The van der Waals surface area contributed by atoms with E-state index in [0.29, 0.717) is 6.54 Å². The number of likely N-dealkylation sites (tertiary alicyclic amines) is 1. The molecule has 1 aromatic carbocycles. The predicted octanol–water partition coefficient (Wildman–Crippen LogP) is 1.16. The van der Waals surface area contributed by atoms with Gasteiger partial charge in [-0.2, -0.15) is 0 Å². The lowest BCUT2D eigenvalue weighted by Gasteiger charge is -2.21. The number of benzene rings is 1. The molecule has 1 unspecified atom stereocenters. The van der Waals surface area contributed by atoms with E-state index >= 15 is 0 Å². The second-order valence-electron chi connectivity index (χ2n) is 5.36. The summed E-state index contributed by atoms with van der Waals surface area (Å²) in [7, 11) is 1.59. The van der Waals surface area contributed by atoms with Crippen LogP contribution in [0.3, 0.4) is 0 Å². The predicted molar refractivity (Wildman–Crippen MR) is 80.1 cm³/mol. The summed E-state index contributed by atoms with van der Waals surface area (Å²) in [6.07, 6.45) is 0.372. The Morgan fingerprint density at radius 2 is 1.95 bits per heavy atom. The summed E-state index contributed by atoms with van der Waals surface area (Å²) in [5, 5.41) is 2.75. The Balaban J connectivity index is 1.97. The van der Waals surface area contributed by atoms with Gasteiger partial charge in [-0.1, -0.05) is 12.1 Å². The van der Waals surface area contributed by atoms with Crippen LogP contribution in [0.5, 0.6) is 5.75 Å². The lowest BCUT2D eigenvalue weighted by Crippen LogP contribution is -2.47. The van der Waals surface area contributed by atoms with Crippen molar-refractivity contribution in [2.75, 3.05) is 7.11 Å². The van der Waals surface area contributed by atoms with Crippen molar-refractivity contribution in [2.24, 2.45) is 0 Å². The Morgan fingerprint density at radius 3 is 2.55 bits per heavy atom. The van der Waals surface area contributed by atoms with Crippen LogP contribution in [-0.2, 0) is 20.9 Å². The highest BCUT2D eigenvalue weighted by atomic mass is 16.5. The van der Waals surface area contributed by atoms with Gasteiger partial charge in [-0.3, -0.25) is 19.3 Å². The molecule has 0 aliphatic carbocycles. The average molecular weight is 304 g/mol. The van der Waals surface area contributed by atoms with Crippen molar-refractivity contribution in [3.63, 3.8) is 0 Å². The minimum absolute atomic E-state index is 0.186. The largest absolute Gasteiger partial charge is 0.496 e. The molecule has 3 amide bonds. The Hall–Kier alpha value is -2.37. The van der Waals surface area contributed by atoms with Gasteiger partial charge < -0.3 is 10.1 Å². The number of amides is 3. The number of carbonyl (C=O) groups is 3. The highest BCUT2D eigenvalue weighted by molar-refractivity contribution is 6.05. The molecular weight excluding hydrogens is 284 g/mol. The van der Waals surface area contributed by atoms with Crippen LogP contribution in [0.2, 0.25) is 0 Å². The van der Waals surface area contributed by atoms with Crippen LogP contribution in [0.25, 0.3) is 0 Å². The first kappa shape index (κ1) is 16.0. The first-order valence-electron chi connectivity index (χ1n) is 7.20. The fourth-order valence-electron chi connectivity index (χ4n) is 2.45. The van der Waals surface area contributed by atoms with Crippen molar-refractivity contribution < 1.29 is 19.1 Å². The lowest BCUT2D eigenvalue weighted by atomic mass is 10.1. The maximum absolute atomic E-state index is 12.1. The van der Waals surface area contributed by atoms with Gasteiger partial charge in [-0.05, 0) is 31.0 Å². The van der Waals surface area contributed by atoms with E-state index in [1.165, 1.54) is 0 Å². The minimum Gasteiger partial charge on any atom is -0.496 e. The number of hydrogen-bond acceptors (Lipinski definition) is 4. The van der Waals surface area contributed by atoms with Gasteiger partial charge in [0.1, 0.15) is 11.8 Å². The molecule has 1 aliphatic heterocycles. The van der Waals surface area contributed by atoms with Crippen LogP contribution in [-0.4, -0.2) is 35.8 Å². The number of methoxy groups -OCH3 is 1. The second kappa shape index (κ2) is 6.60. The third-order valence-corrected chi connectivity index (χ3v) is 3.80. The fraction of sp³-hybridized carbons (Fsp3) is 0.438. The summed E-state index contributed by atoms with van der Waals surface area (Å²) in [4.78, 5) is 36.4. The number of ether oxygens (including phenoxy) is 1. The Kier molecular flexibility index (Phi) is 4.80. The number of aryl methyl sites for hydroxylation is 1. The lowest BCUT2D eigenvalue weighted by molar-refractivity contribution is -0.146. The minimum atomic E-state index is -0.783. The normalized spacial score (nSPS) is 15.9. The smallest absolute Gasteiger partial charge is 0.243 e. The van der Waals surface area contributed by atoms with Gasteiger partial charge >= 0.3 is 0 Å². The number of hydrogen-bond donors (Lipinski definition) is 1. The molecule has 0 bridgehead atoms. The highest BCUT2D eigenvalue weighted by Crippen LogP contribution is 2.19. The fourth-order valence-corrected chi connectivity index (χ4v) is 2.45. The standard InChI is InChI=1S/C16H20N2O4/c1-10-4-5-12(8-13(10)22-3)9-17-16(21)11(2)18-14(19)6-7-15(18)20/h4-5,8,11H,6-7,9H2,1-3H3,(H,17,21). The number of nitrogens with zero attached hydrogens (tertiary/aromatic N) is 1. The molecule has 6 nitrogen and oxygen atoms in total. The van der Waals surface area contributed by atoms with E-state index in [1.54, 1.807) is 14.0 Å². The third kappa shape index (κ3) is 3.27. The Labute approximate surface area is 129 Å². The molecule has 1 N–H and O–H groups in total. The molecule has 1 fully saturated rings. The topological polar surface area (TPSA) is 75.7 Å². The molecule has 1 atom stereocenters. The SMILES string of the molecule is COc1cc(CNC(=O)C(C)N2C(=O)CCC2=O)ccc1C. The first-order valence-corrected chi connectivity index (χ1v) is 7.20. The van der Waals surface area contributed by atoms with E-state index in [4.69, 9.17) is 4.74 Å². The van der Waals surface area contributed by atoms with Crippen molar-refractivity contribution in [1.29, 1.82) is 0 Å². The molecular formula is C16H20N2O4. The van der Waals surface area contributed by atoms with Crippen LogP contribution in [0.1, 0.15) is 30.9 Å². The zero-order chi connectivity index (χ0) is 16.3. The molecule has 1 saturated heterocycles. The number of rotatable bonds is 5. The zero-order valence-corrected chi connectivity index (χ0v) is 13.0. The van der Waals surface area contributed by atoms with Crippen LogP contribution in [0, 0.1) is 6.92 Å². The summed E-state index contributed by atoms with van der Waals surface area (Å²) < 4.78 is 5.24. The summed E-state index contributed by atoms with van der Waals surface area (Å²) >= 11 is 0. The molecule has 118 valence electrons.